The highest BCUT2D eigenvalue weighted by Gasteiger charge is 2.24. The third-order valence-corrected chi connectivity index (χ3v) is 5.92. The molecule has 134 valence electrons. The normalized spacial score (nSPS) is 16.3. The van der Waals surface area contributed by atoms with Crippen LogP contribution in [0.2, 0.25) is 0 Å². The van der Waals surface area contributed by atoms with Crippen LogP contribution in [-0.4, -0.2) is 34.5 Å². The Bertz CT molecular complexity index is 953. The van der Waals surface area contributed by atoms with Gasteiger partial charge in [-0.15, -0.1) is 11.3 Å². The summed E-state index contributed by atoms with van der Waals surface area (Å²) in [5, 5.41) is 6.94. The van der Waals surface area contributed by atoms with Crippen LogP contribution in [0, 0.1) is 5.92 Å². The zero-order chi connectivity index (χ0) is 18.1. The Morgan fingerprint density at radius 3 is 3.04 bits per heavy atom. The Labute approximate surface area is 156 Å². The van der Waals surface area contributed by atoms with E-state index in [1.54, 1.807) is 30.8 Å². The van der Waals surface area contributed by atoms with E-state index in [0.29, 0.717) is 11.7 Å². The molecule has 7 heteroatoms. The molecule has 0 saturated heterocycles. The lowest BCUT2D eigenvalue weighted by Crippen LogP contribution is -2.26. The molecule has 1 aliphatic rings. The number of rotatable bonds is 4. The summed E-state index contributed by atoms with van der Waals surface area (Å²) in [5.74, 6) is 2.00. The van der Waals surface area contributed by atoms with Gasteiger partial charge in [0.1, 0.15) is 10.6 Å². The highest BCUT2D eigenvalue weighted by Crippen LogP contribution is 2.40. The third-order valence-electron chi connectivity index (χ3n) is 4.77. The van der Waals surface area contributed by atoms with Crippen molar-refractivity contribution in [3.8, 4) is 11.4 Å². The maximum atomic E-state index is 11.7. The Hall–Kier alpha value is -2.54. The fourth-order valence-electron chi connectivity index (χ4n) is 3.35. The van der Waals surface area contributed by atoms with Crippen LogP contribution >= 0.6 is 11.3 Å². The first-order chi connectivity index (χ1) is 12.7. The summed E-state index contributed by atoms with van der Waals surface area (Å²) in [7, 11) is 1.63. The molecular weight excluding hydrogens is 346 g/mol. The van der Waals surface area contributed by atoms with E-state index in [1.165, 1.54) is 16.9 Å². The monoisotopic (exact) mass is 367 g/mol. The highest BCUT2D eigenvalue weighted by molar-refractivity contribution is 7.19. The van der Waals surface area contributed by atoms with E-state index in [2.05, 4.69) is 22.5 Å². The number of pyridine rings is 1. The number of aromatic nitrogens is 3. The van der Waals surface area contributed by atoms with Crippen LogP contribution in [0.15, 0.2) is 24.5 Å². The van der Waals surface area contributed by atoms with Crippen LogP contribution in [-0.2, 0) is 17.6 Å². The van der Waals surface area contributed by atoms with Gasteiger partial charge in [-0.1, -0.05) is 6.92 Å². The van der Waals surface area contributed by atoms with Crippen LogP contribution in [0.5, 0.6) is 0 Å². The van der Waals surface area contributed by atoms with Gasteiger partial charge in [0.2, 0.25) is 5.91 Å². The lowest BCUT2D eigenvalue weighted by Gasteiger charge is -2.18. The van der Waals surface area contributed by atoms with Crippen molar-refractivity contribution in [1.29, 1.82) is 0 Å². The van der Waals surface area contributed by atoms with Crippen LogP contribution in [0.1, 0.15) is 23.8 Å². The highest BCUT2D eigenvalue weighted by atomic mass is 32.1. The van der Waals surface area contributed by atoms with Crippen molar-refractivity contribution >= 4 is 33.3 Å². The summed E-state index contributed by atoms with van der Waals surface area (Å²) in [6.45, 7) is 2.49. The van der Waals surface area contributed by atoms with Gasteiger partial charge in [0.15, 0.2) is 5.82 Å². The summed E-state index contributed by atoms with van der Waals surface area (Å²) >= 11 is 1.75. The molecule has 0 bridgehead atoms. The molecule has 0 spiro atoms. The van der Waals surface area contributed by atoms with Gasteiger partial charge < -0.3 is 10.6 Å². The number of nitrogens with zero attached hydrogens (tertiary/aromatic N) is 3. The molecule has 0 radical (unpaired) electrons. The molecule has 0 unspecified atom stereocenters. The molecule has 0 aliphatic heterocycles. The summed E-state index contributed by atoms with van der Waals surface area (Å²) in [6.07, 6.45) is 6.81. The van der Waals surface area contributed by atoms with Crippen molar-refractivity contribution in [2.45, 2.75) is 26.2 Å². The quantitative estimate of drug-likeness (QED) is 0.741. The molecule has 0 aromatic carbocycles. The van der Waals surface area contributed by atoms with E-state index < -0.39 is 0 Å². The van der Waals surface area contributed by atoms with E-state index in [-0.39, 0.29) is 12.5 Å². The standard InChI is InChI=1S/C19H21N5OS/c1-11-5-6-13-14(8-11)26-19-16(13)18(22-10-15(25)20-2)23-17(24-19)12-4-3-7-21-9-12/h3-4,7,9,11H,5-6,8,10H2,1-2H3,(H,20,25)(H,22,23,24)/t11-/m0/s1. The van der Waals surface area contributed by atoms with Crippen molar-refractivity contribution < 1.29 is 4.79 Å². The summed E-state index contributed by atoms with van der Waals surface area (Å²) in [6, 6.07) is 3.83. The van der Waals surface area contributed by atoms with Gasteiger partial charge in [0.05, 0.1) is 11.9 Å². The van der Waals surface area contributed by atoms with Crippen molar-refractivity contribution in [1.82, 2.24) is 20.3 Å². The molecule has 0 fully saturated rings. The Kier molecular flexibility index (Phi) is 4.55. The van der Waals surface area contributed by atoms with Crippen molar-refractivity contribution in [2.75, 3.05) is 18.9 Å². The number of carbonyl (C=O) groups excluding carboxylic acids is 1. The minimum absolute atomic E-state index is 0.0718. The lowest BCUT2D eigenvalue weighted by atomic mass is 9.89. The van der Waals surface area contributed by atoms with Crippen LogP contribution in [0.25, 0.3) is 21.6 Å². The molecule has 1 amide bonds. The van der Waals surface area contributed by atoms with Gasteiger partial charge in [-0.2, -0.15) is 0 Å². The SMILES string of the molecule is CNC(=O)CNc1nc(-c2cccnc2)nc2sc3c(c12)CC[C@H](C)C3. The number of hydrogen-bond donors (Lipinski definition) is 2. The average Bonchev–Trinajstić information content (AvgIpc) is 3.03. The predicted octanol–water partition coefficient (Wildman–Crippen LogP) is 3.04. The van der Waals surface area contributed by atoms with E-state index in [9.17, 15) is 4.79 Å². The summed E-state index contributed by atoms with van der Waals surface area (Å²) in [5.41, 5.74) is 2.22. The Balaban J connectivity index is 1.84. The maximum absolute atomic E-state index is 11.7. The number of amides is 1. The molecule has 3 aromatic heterocycles. The van der Waals surface area contributed by atoms with Gasteiger partial charge >= 0.3 is 0 Å². The van der Waals surface area contributed by atoms with Gasteiger partial charge in [0, 0.05) is 29.9 Å². The molecule has 26 heavy (non-hydrogen) atoms. The topological polar surface area (TPSA) is 79.8 Å². The van der Waals surface area contributed by atoms with Gasteiger partial charge in [-0.25, -0.2) is 9.97 Å². The van der Waals surface area contributed by atoms with E-state index >= 15 is 0 Å². The zero-order valence-electron chi connectivity index (χ0n) is 14.9. The smallest absolute Gasteiger partial charge is 0.239 e. The third kappa shape index (κ3) is 3.14. The van der Waals surface area contributed by atoms with Crippen LogP contribution in [0.3, 0.4) is 0 Å². The first-order valence-corrected chi connectivity index (χ1v) is 9.64. The largest absolute Gasteiger partial charge is 0.360 e. The van der Waals surface area contributed by atoms with Crippen molar-refractivity contribution in [3.05, 3.63) is 35.0 Å². The fourth-order valence-corrected chi connectivity index (χ4v) is 4.73. The number of carbonyl (C=O) groups is 1. The number of hydrogen-bond acceptors (Lipinski definition) is 6. The van der Waals surface area contributed by atoms with Gasteiger partial charge in [0.25, 0.3) is 0 Å². The summed E-state index contributed by atoms with van der Waals surface area (Å²) < 4.78 is 0. The molecule has 0 saturated carbocycles. The van der Waals surface area contributed by atoms with Crippen LogP contribution < -0.4 is 10.6 Å². The number of fused-ring (bicyclic) bond motifs is 3. The molecular formula is C19H21N5OS. The summed E-state index contributed by atoms with van der Waals surface area (Å²) in [4.78, 5) is 27.8. The lowest BCUT2D eigenvalue weighted by molar-refractivity contribution is -0.118. The average molecular weight is 367 g/mol. The predicted molar refractivity (Wildman–Crippen MR) is 104 cm³/mol. The second kappa shape index (κ2) is 6.99. The second-order valence-corrected chi connectivity index (χ2v) is 7.78. The van der Waals surface area contributed by atoms with E-state index in [1.807, 2.05) is 12.1 Å². The first kappa shape index (κ1) is 16.9. The fraction of sp³-hybridized carbons (Fsp3) is 0.368. The molecule has 3 heterocycles. The molecule has 1 atom stereocenters. The molecule has 6 nitrogen and oxygen atoms in total. The molecule has 3 aromatic rings. The van der Waals surface area contributed by atoms with Crippen molar-refractivity contribution in [2.24, 2.45) is 5.92 Å². The minimum Gasteiger partial charge on any atom is -0.360 e. The maximum Gasteiger partial charge on any atom is 0.239 e. The van der Waals surface area contributed by atoms with Crippen LogP contribution in [0.4, 0.5) is 5.82 Å². The molecule has 4 rings (SSSR count). The number of aryl methyl sites for hydroxylation is 1. The number of anilines is 1. The zero-order valence-corrected chi connectivity index (χ0v) is 15.7. The molecule has 1 aliphatic carbocycles. The van der Waals surface area contributed by atoms with E-state index in [4.69, 9.17) is 9.97 Å². The van der Waals surface area contributed by atoms with Gasteiger partial charge in [-0.3, -0.25) is 9.78 Å². The Morgan fingerprint density at radius 1 is 1.38 bits per heavy atom. The number of likely N-dealkylation sites (N-methyl/N-ethyl adjacent to an activating group) is 1. The van der Waals surface area contributed by atoms with Gasteiger partial charge in [-0.05, 0) is 42.9 Å². The van der Waals surface area contributed by atoms with E-state index in [0.717, 1.165) is 34.4 Å². The number of nitrogens with one attached hydrogen (secondary N) is 2. The van der Waals surface area contributed by atoms with Crippen molar-refractivity contribution in [3.63, 3.8) is 0 Å². The minimum atomic E-state index is -0.0718. The molecule has 2 N–H and O–H groups in total. The first-order valence-electron chi connectivity index (χ1n) is 8.83. The Morgan fingerprint density at radius 2 is 2.27 bits per heavy atom. The second-order valence-electron chi connectivity index (χ2n) is 6.70. The number of thiophene rings is 1.